The number of benzene rings is 1. The molecule has 4 rings (SSSR count). The molecule has 12 nitrogen and oxygen atoms in total. The molecule has 50 heavy (non-hydrogen) atoms. The van der Waals surface area contributed by atoms with Crippen molar-refractivity contribution in [1.29, 1.82) is 0 Å². The molecule has 0 unspecified atom stereocenters. The molecule has 0 aliphatic heterocycles. The zero-order chi connectivity index (χ0) is 36.9. The molecule has 1 aromatic carbocycles. The van der Waals surface area contributed by atoms with E-state index in [-0.39, 0.29) is 23.6 Å². The first-order chi connectivity index (χ1) is 23.3. The first-order valence-corrected chi connectivity index (χ1v) is 19.9. The predicted molar refractivity (Wildman–Crippen MR) is 194 cm³/mol. The van der Waals surface area contributed by atoms with Gasteiger partial charge in [0.15, 0.2) is 9.84 Å². The Morgan fingerprint density at radius 2 is 1.70 bits per heavy atom. The maximum Gasteiger partial charge on any atom is 0.419 e. The number of nitrogens with one attached hydrogen (secondary N) is 2. The van der Waals surface area contributed by atoms with Gasteiger partial charge in [-0.1, -0.05) is 30.3 Å². The second kappa shape index (κ2) is 16.4. The number of nitrogens with zero attached hydrogens (tertiary/aromatic N) is 2. The minimum atomic E-state index is -3.81. The number of aromatic nitrogens is 2. The number of rotatable bonds is 16. The van der Waals surface area contributed by atoms with Crippen molar-refractivity contribution < 1.29 is 37.8 Å². The number of hydrogen-bond acceptors (Lipinski definition) is 10. The lowest BCUT2D eigenvalue weighted by Gasteiger charge is -2.29. The van der Waals surface area contributed by atoms with Crippen LogP contribution in [-0.2, 0) is 30.6 Å². The van der Waals surface area contributed by atoms with Crippen molar-refractivity contribution in [2.45, 2.75) is 108 Å². The maximum atomic E-state index is 14.1. The number of hydrogen-bond donors (Lipinski definition) is 4. The Morgan fingerprint density at radius 1 is 1.04 bits per heavy atom. The third kappa shape index (κ3) is 12.0. The highest BCUT2D eigenvalue weighted by Crippen LogP contribution is 2.36. The predicted octanol–water partition coefficient (Wildman–Crippen LogP) is 3.75. The Bertz CT molecular complexity index is 1620. The molecule has 4 atom stereocenters. The molecule has 1 aromatic heterocycles. The van der Waals surface area contributed by atoms with E-state index >= 15 is 0 Å². The van der Waals surface area contributed by atoms with Crippen LogP contribution in [0.4, 0.5) is 4.79 Å². The number of thioether (sulfide) groups is 1. The Hall–Kier alpha value is -3.20. The highest BCUT2D eigenvalue weighted by atomic mass is 32.2. The topological polar surface area (TPSA) is 177 Å². The normalized spacial score (nSPS) is 18.1. The summed E-state index contributed by atoms with van der Waals surface area (Å²) in [5.41, 5.74) is 0.0590. The van der Waals surface area contributed by atoms with E-state index in [9.17, 15) is 33.0 Å². The number of aliphatic hydroxyl groups excluding tert-OH is 2. The summed E-state index contributed by atoms with van der Waals surface area (Å²) >= 11 is 1.59. The number of aliphatic hydroxyl groups is 2. The van der Waals surface area contributed by atoms with Gasteiger partial charge in [-0.15, -0.1) is 0 Å². The molecule has 2 aliphatic carbocycles. The van der Waals surface area contributed by atoms with Gasteiger partial charge in [0, 0.05) is 23.9 Å². The Labute approximate surface area is 299 Å². The second-order valence-electron chi connectivity index (χ2n) is 15.3. The van der Waals surface area contributed by atoms with Crippen molar-refractivity contribution in [3.8, 4) is 0 Å². The molecule has 276 valence electrons. The van der Waals surface area contributed by atoms with Crippen LogP contribution >= 0.6 is 11.8 Å². The SMILES string of the molecule is CC(C)(C)OC(=O)n1cnc(C[C@H](NC(=O)C(=Cc2ccccc2)CS(=O)(=O)C(C)(C)C)C(=O)N[C@@H](CSCC2CC2)[C@@H](O)[C@@H](O)C2CC2)c1. The molecule has 2 aromatic rings. The molecule has 4 N–H and O–H groups in total. The van der Waals surface area contributed by atoms with Crippen LogP contribution in [0.2, 0.25) is 0 Å². The molecular formula is C36H52N4O8S2. The van der Waals surface area contributed by atoms with Crippen LogP contribution in [0.25, 0.3) is 6.08 Å². The largest absolute Gasteiger partial charge is 0.443 e. The Balaban J connectivity index is 1.63. The van der Waals surface area contributed by atoms with Crippen LogP contribution in [-0.4, -0.2) is 98.0 Å². The quantitative estimate of drug-likeness (QED) is 0.186. The van der Waals surface area contributed by atoms with Crippen molar-refractivity contribution in [1.82, 2.24) is 20.2 Å². The summed E-state index contributed by atoms with van der Waals surface area (Å²) in [6.07, 6.45) is 4.93. The van der Waals surface area contributed by atoms with Crippen LogP contribution in [0.15, 0.2) is 48.4 Å². The van der Waals surface area contributed by atoms with Crippen LogP contribution in [0, 0.1) is 11.8 Å². The molecule has 2 amide bonds. The molecule has 0 bridgehead atoms. The summed E-state index contributed by atoms with van der Waals surface area (Å²) in [6.45, 7) is 9.86. The summed E-state index contributed by atoms with van der Waals surface area (Å²) in [6, 6.07) is 6.69. The van der Waals surface area contributed by atoms with Crippen molar-refractivity contribution in [3.63, 3.8) is 0 Å². The molecular weight excluding hydrogens is 681 g/mol. The summed E-state index contributed by atoms with van der Waals surface area (Å²) in [5, 5.41) is 27.6. The van der Waals surface area contributed by atoms with Gasteiger partial charge in [-0.3, -0.25) is 9.59 Å². The van der Waals surface area contributed by atoms with E-state index in [1.54, 1.807) is 83.6 Å². The van der Waals surface area contributed by atoms with Gasteiger partial charge in [0.1, 0.15) is 24.1 Å². The number of carbonyl (C=O) groups is 3. The average Bonchev–Trinajstić information content (AvgIpc) is 3.97. The van der Waals surface area contributed by atoms with Crippen molar-refractivity contribution in [3.05, 3.63) is 59.7 Å². The summed E-state index contributed by atoms with van der Waals surface area (Å²) in [4.78, 5) is 45.0. The maximum absolute atomic E-state index is 14.1. The molecule has 0 radical (unpaired) electrons. The lowest BCUT2D eigenvalue weighted by Crippen LogP contribution is -2.56. The Morgan fingerprint density at radius 3 is 2.28 bits per heavy atom. The average molecular weight is 733 g/mol. The first-order valence-electron chi connectivity index (χ1n) is 17.1. The van der Waals surface area contributed by atoms with Crippen molar-refractivity contribution in [2.75, 3.05) is 17.3 Å². The van der Waals surface area contributed by atoms with E-state index in [1.165, 1.54) is 18.6 Å². The number of sulfone groups is 1. The van der Waals surface area contributed by atoms with Gasteiger partial charge in [-0.05, 0) is 96.5 Å². The molecule has 2 fully saturated rings. The third-order valence-corrected chi connectivity index (χ3v) is 12.4. The van der Waals surface area contributed by atoms with Crippen LogP contribution < -0.4 is 10.6 Å². The van der Waals surface area contributed by atoms with Crippen molar-refractivity contribution in [2.24, 2.45) is 11.8 Å². The fourth-order valence-corrected chi connectivity index (χ4v) is 7.40. The number of imidazole rings is 1. The van der Waals surface area contributed by atoms with Gasteiger partial charge in [-0.25, -0.2) is 22.8 Å². The summed E-state index contributed by atoms with van der Waals surface area (Å²) < 4.78 is 32.0. The number of ether oxygens (including phenoxy) is 1. The second-order valence-corrected chi connectivity index (χ2v) is 19.2. The highest BCUT2D eigenvalue weighted by molar-refractivity contribution is 7.99. The van der Waals surface area contributed by atoms with E-state index in [0.29, 0.717) is 17.2 Å². The molecule has 1 heterocycles. The zero-order valence-corrected chi connectivity index (χ0v) is 31.4. The third-order valence-electron chi connectivity index (χ3n) is 8.53. The smallest absolute Gasteiger partial charge is 0.419 e. The minimum Gasteiger partial charge on any atom is -0.443 e. The first kappa shape index (κ1) is 39.6. The van der Waals surface area contributed by atoms with Crippen LogP contribution in [0.5, 0.6) is 0 Å². The number of carbonyl (C=O) groups excluding carboxylic acids is 3. The van der Waals surface area contributed by atoms with E-state index in [1.807, 2.05) is 0 Å². The lowest BCUT2D eigenvalue weighted by atomic mass is 10.0. The summed E-state index contributed by atoms with van der Waals surface area (Å²) in [5.74, 6) is -0.214. The number of amides is 2. The van der Waals surface area contributed by atoms with E-state index in [4.69, 9.17) is 4.74 Å². The molecule has 2 saturated carbocycles. The fraction of sp³-hybridized carbons (Fsp3) is 0.611. The van der Waals surface area contributed by atoms with Gasteiger partial charge in [0.2, 0.25) is 11.8 Å². The molecule has 0 saturated heterocycles. The molecule has 0 spiro atoms. The monoisotopic (exact) mass is 732 g/mol. The van der Waals surface area contributed by atoms with Gasteiger partial charge in [-0.2, -0.15) is 11.8 Å². The van der Waals surface area contributed by atoms with Crippen molar-refractivity contribution >= 4 is 45.6 Å². The lowest BCUT2D eigenvalue weighted by molar-refractivity contribution is -0.129. The molecule has 2 aliphatic rings. The minimum absolute atomic E-state index is 0.0411. The van der Waals surface area contributed by atoms with Gasteiger partial charge < -0.3 is 25.6 Å². The zero-order valence-electron chi connectivity index (χ0n) is 29.8. The van der Waals surface area contributed by atoms with Gasteiger partial charge in [0.05, 0.1) is 28.3 Å². The standard InChI is InChI=1S/C36H52N4O8S2/c1-35(2,3)48-34(45)40-18-27(37-22-40)17-28(33(44)39-29(20-49-19-24-12-13-24)31(42)30(41)25-14-15-25)38-32(43)26(16-23-10-8-7-9-11-23)21-50(46,47)36(4,5)6/h7-11,16,18,22,24-25,28-31,41-42H,12-15,17,19-21H2,1-6H3,(H,38,43)(H,39,44)/t28-,29-,30-,31+/m0/s1. The van der Waals surface area contributed by atoms with Gasteiger partial charge in [0.25, 0.3) is 0 Å². The fourth-order valence-electron chi connectivity index (χ4n) is 5.01. The van der Waals surface area contributed by atoms with Gasteiger partial charge >= 0.3 is 6.09 Å². The summed E-state index contributed by atoms with van der Waals surface area (Å²) in [7, 11) is -3.81. The Kier molecular flexibility index (Phi) is 13.0. The van der Waals surface area contributed by atoms with Crippen LogP contribution in [0.1, 0.15) is 78.5 Å². The van der Waals surface area contributed by atoms with E-state index < -0.39 is 68.1 Å². The van der Waals surface area contributed by atoms with E-state index in [0.717, 1.165) is 36.0 Å². The highest BCUT2D eigenvalue weighted by Gasteiger charge is 2.40. The molecule has 14 heteroatoms. The van der Waals surface area contributed by atoms with E-state index in [2.05, 4.69) is 15.6 Å². The van der Waals surface area contributed by atoms with Crippen LogP contribution in [0.3, 0.4) is 0 Å².